The van der Waals surface area contributed by atoms with E-state index in [2.05, 4.69) is 4.98 Å². The summed E-state index contributed by atoms with van der Waals surface area (Å²) >= 11 is 11.9. The first-order valence-corrected chi connectivity index (χ1v) is 6.14. The Morgan fingerprint density at radius 1 is 1.22 bits per heavy atom. The zero-order valence-electron chi connectivity index (χ0n) is 9.78. The fourth-order valence-electron chi connectivity index (χ4n) is 1.47. The molecule has 2 N–H and O–H groups in total. The van der Waals surface area contributed by atoms with Gasteiger partial charge in [0.1, 0.15) is 5.75 Å². The number of hydrogen-bond donors (Lipinski definition) is 1. The predicted molar refractivity (Wildman–Crippen MR) is 73.4 cm³/mol. The number of nitrogens with two attached hydrogens (primary N) is 1. The van der Waals surface area contributed by atoms with Crippen molar-refractivity contribution in [3.05, 3.63) is 51.6 Å². The molecule has 0 spiro atoms. The number of hydrogen-bond acceptors (Lipinski definition) is 3. The molecule has 0 atom stereocenters. The van der Waals surface area contributed by atoms with Crippen LogP contribution < -0.4 is 10.5 Å². The van der Waals surface area contributed by atoms with E-state index >= 15 is 0 Å². The highest BCUT2D eigenvalue weighted by Gasteiger charge is 2.05. The summed E-state index contributed by atoms with van der Waals surface area (Å²) in [5, 5.41) is 1.24. The van der Waals surface area contributed by atoms with Crippen LogP contribution in [0.3, 0.4) is 0 Å². The third-order valence-corrected chi connectivity index (χ3v) is 3.25. The third-order valence-electron chi connectivity index (χ3n) is 2.48. The van der Waals surface area contributed by atoms with Gasteiger partial charge in [0.25, 0.3) is 0 Å². The van der Waals surface area contributed by atoms with Gasteiger partial charge >= 0.3 is 0 Å². The lowest BCUT2D eigenvalue weighted by Gasteiger charge is -2.08. The number of halogens is 2. The number of benzene rings is 1. The van der Waals surface area contributed by atoms with Gasteiger partial charge in [0, 0.05) is 23.8 Å². The number of aryl methyl sites for hydroxylation is 1. The van der Waals surface area contributed by atoms with Gasteiger partial charge in [0.15, 0.2) is 0 Å². The second-order valence-corrected chi connectivity index (χ2v) is 4.65. The molecule has 2 aromatic rings. The van der Waals surface area contributed by atoms with Crippen molar-refractivity contribution in [3.63, 3.8) is 0 Å². The van der Waals surface area contributed by atoms with Crippen LogP contribution in [-0.2, 0) is 6.54 Å². The van der Waals surface area contributed by atoms with E-state index in [1.165, 1.54) is 6.20 Å². The fraction of sp³-hybridized carbons (Fsp3) is 0.154. The maximum atomic E-state index is 5.95. The fourth-order valence-corrected chi connectivity index (χ4v) is 1.77. The molecule has 0 aliphatic rings. The Kier molecular flexibility index (Phi) is 4.07. The monoisotopic (exact) mass is 282 g/mol. The molecule has 1 aromatic carbocycles. The lowest BCUT2D eigenvalue weighted by atomic mass is 10.2. The molecular weight excluding hydrogens is 271 g/mol. The summed E-state index contributed by atoms with van der Waals surface area (Å²) in [5.41, 5.74) is 7.32. The van der Waals surface area contributed by atoms with Crippen molar-refractivity contribution in [1.29, 1.82) is 0 Å². The largest absolute Gasteiger partial charge is 0.439 e. The molecule has 94 valence electrons. The average molecular weight is 283 g/mol. The molecule has 0 saturated heterocycles. The van der Waals surface area contributed by atoms with Gasteiger partial charge in [-0.05, 0) is 36.2 Å². The van der Waals surface area contributed by atoms with E-state index in [1.54, 1.807) is 18.2 Å². The summed E-state index contributed by atoms with van der Waals surface area (Å²) in [6.07, 6.45) is 1.53. The second kappa shape index (κ2) is 5.57. The lowest BCUT2D eigenvalue weighted by molar-refractivity contribution is 0.462. The SMILES string of the molecule is Cc1cc(Oc2cc(CN)c(Cl)cn2)ccc1Cl. The molecular formula is C13H12Cl2N2O. The minimum Gasteiger partial charge on any atom is -0.439 e. The van der Waals surface area contributed by atoms with E-state index in [0.717, 1.165) is 11.1 Å². The normalized spacial score (nSPS) is 10.4. The first-order valence-electron chi connectivity index (χ1n) is 5.38. The van der Waals surface area contributed by atoms with Crippen LogP contribution in [-0.4, -0.2) is 4.98 Å². The van der Waals surface area contributed by atoms with Crippen molar-refractivity contribution in [1.82, 2.24) is 4.98 Å². The van der Waals surface area contributed by atoms with Crippen LogP contribution in [0.1, 0.15) is 11.1 Å². The van der Waals surface area contributed by atoms with Crippen molar-refractivity contribution >= 4 is 23.2 Å². The molecule has 0 amide bonds. The number of pyridine rings is 1. The third kappa shape index (κ3) is 2.93. The summed E-state index contributed by atoms with van der Waals surface area (Å²) in [7, 11) is 0. The summed E-state index contributed by atoms with van der Waals surface area (Å²) < 4.78 is 5.63. The highest BCUT2D eigenvalue weighted by Crippen LogP contribution is 2.26. The number of aromatic nitrogens is 1. The Hall–Kier alpha value is -1.29. The summed E-state index contributed by atoms with van der Waals surface area (Å²) in [4.78, 5) is 4.09. The van der Waals surface area contributed by atoms with E-state index < -0.39 is 0 Å². The van der Waals surface area contributed by atoms with Crippen LogP contribution in [0.4, 0.5) is 0 Å². The molecule has 1 heterocycles. The number of nitrogens with zero attached hydrogens (tertiary/aromatic N) is 1. The van der Waals surface area contributed by atoms with Gasteiger partial charge < -0.3 is 10.5 Å². The van der Waals surface area contributed by atoms with Gasteiger partial charge in [0.2, 0.25) is 5.88 Å². The second-order valence-electron chi connectivity index (χ2n) is 3.83. The van der Waals surface area contributed by atoms with Gasteiger partial charge in [0.05, 0.1) is 5.02 Å². The molecule has 0 fully saturated rings. The highest BCUT2D eigenvalue weighted by molar-refractivity contribution is 6.31. The smallest absolute Gasteiger partial charge is 0.219 e. The highest BCUT2D eigenvalue weighted by atomic mass is 35.5. The Labute approximate surface area is 115 Å². The summed E-state index contributed by atoms with van der Waals surface area (Å²) in [6.45, 7) is 2.26. The van der Waals surface area contributed by atoms with E-state index in [1.807, 2.05) is 13.0 Å². The molecule has 0 aliphatic heterocycles. The summed E-state index contributed by atoms with van der Waals surface area (Å²) in [5.74, 6) is 1.14. The lowest BCUT2D eigenvalue weighted by Crippen LogP contribution is -1.99. The van der Waals surface area contributed by atoms with Crippen LogP contribution in [0.5, 0.6) is 11.6 Å². The molecule has 0 unspecified atom stereocenters. The Morgan fingerprint density at radius 2 is 2.00 bits per heavy atom. The molecule has 1 aromatic heterocycles. The van der Waals surface area contributed by atoms with Crippen LogP contribution in [0.25, 0.3) is 0 Å². The molecule has 0 aliphatic carbocycles. The van der Waals surface area contributed by atoms with Crippen LogP contribution in [0.2, 0.25) is 10.0 Å². The van der Waals surface area contributed by atoms with Gasteiger partial charge in [-0.15, -0.1) is 0 Å². The van der Waals surface area contributed by atoms with Crippen molar-refractivity contribution in [2.24, 2.45) is 5.73 Å². The molecule has 18 heavy (non-hydrogen) atoms. The first-order chi connectivity index (χ1) is 8.60. The standard InChI is InChI=1S/C13H12Cl2N2O/c1-8-4-10(2-3-11(8)14)18-13-5-9(6-16)12(15)7-17-13/h2-5,7H,6,16H2,1H3. The number of rotatable bonds is 3. The maximum Gasteiger partial charge on any atom is 0.219 e. The molecule has 0 saturated carbocycles. The zero-order valence-corrected chi connectivity index (χ0v) is 11.3. The van der Waals surface area contributed by atoms with E-state index in [-0.39, 0.29) is 0 Å². The van der Waals surface area contributed by atoms with Crippen molar-refractivity contribution in [2.45, 2.75) is 13.5 Å². The van der Waals surface area contributed by atoms with Gasteiger partial charge in [-0.3, -0.25) is 0 Å². The van der Waals surface area contributed by atoms with Crippen molar-refractivity contribution in [3.8, 4) is 11.6 Å². The Morgan fingerprint density at radius 3 is 2.67 bits per heavy atom. The Balaban J connectivity index is 2.25. The molecule has 2 rings (SSSR count). The first kappa shape index (κ1) is 13.1. The zero-order chi connectivity index (χ0) is 13.1. The minimum atomic E-state index is 0.345. The molecule has 0 bridgehead atoms. The van der Waals surface area contributed by atoms with E-state index in [0.29, 0.717) is 28.2 Å². The summed E-state index contributed by atoms with van der Waals surface area (Å²) in [6, 6.07) is 7.15. The quantitative estimate of drug-likeness (QED) is 0.927. The van der Waals surface area contributed by atoms with E-state index in [9.17, 15) is 0 Å². The van der Waals surface area contributed by atoms with Crippen LogP contribution in [0.15, 0.2) is 30.5 Å². The van der Waals surface area contributed by atoms with Crippen LogP contribution >= 0.6 is 23.2 Å². The predicted octanol–water partition coefficient (Wildman–Crippen LogP) is 3.95. The van der Waals surface area contributed by atoms with Gasteiger partial charge in [-0.1, -0.05) is 23.2 Å². The van der Waals surface area contributed by atoms with Crippen molar-refractivity contribution < 1.29 is 4.74 Å². The topological polar surface area (TPSA) is 48.1 Å². The minimum absolute atomic E-state index is 0.345. The molecule has 0 radical (unpaired) electrons. The van der Waals surface area contributed by atoms with Crippen LogP contribution in [0, 0.1) is 6.92 Å². The van der Waals surface area contributed by atoms with E-state index in [4.69, 9.17) is 33.7 Å². The molecule has 5 heteroatoms. The van der Waals surface area contributed by atoms with Gasteiger partial charge in [-0.25, -0.2) is 4.98 Å². The van der Waals surface area contributed by atoms with Gasteiger partial charge in [-0.2, -0.15) is 0 Å². The van der Waals surface area contributed by atoms with Crippen molar-refractivity contribution in [2.75, 3.05) is 0 Å². The molecule has 3 nitrogen and oxygen atoms in total. The average Bonchev–Trinajstić information content (AvgIpc) is 2.36. The maximum absolute atomic E-state index is 5.95. The number of ether oxygens (including phenoxy) is 1. The Bertz CT molecular complexity index is 573.